The highest BCUT2D eigenvalue weighted by atomic mass is 32.2. The van der Waals surface area contributed by atoms with Crippen LogP contribution in [0, 0.1) is 17.3 Å². The van der Waals surface area contributed by atoms with Crippen molar-refractivity contribution in [2.45, 2.75) is 57.0 Å². The van der Waals surface area contributed by atoms with Gasteiger partial charge in [-0.05, 0) is 79.0 Å². The number of aryl methyl sites for hydroxylation is 1. The molecule has 1 aromatic rings. The summed E-state index contributed by atoms with van der Waals surface area (Å²) in [4.78, 5) is 0. The maximum Gasteiger partial charge on any atom is 0.380 e. The van der Waals surface area contributed by atoms with Crippen molar-refractivity contribution in [2.75, 3.05) is 0 Å². The van der Waals surface area contributed by atoms with Crippen LogP contribution in [0.15, 0.2) is 30.9 Å². The zero-order valence-electron chi connectivity index (χ0n) is 16.9. The van der Waals surface area contributed by atoms with E-state index < -0.39 is 26.7 Å². The number of rotatable bonds is 5. The molecule has 0 heterocycles. The van der Waals surface area contributed by atoms with Crippen LogP contribution < -0.4 is 14.5 Å². The fraction of sp³-hybridized carbons (Fsp3) is 0.600. The third kappa shape index (κ3) is 3.80. The first kappa shape index (κ1) is 21.8. The van der Waals surface area contributed by atoms with Crippen LogP contribution in [0.2, 0.25) is 0 Å². The van der Waals surface area contributed by atoms with E-state index in [0.717, 1.165) is 36.8 Å². The highest BCUT2D eigenvalue weighted by molar-refractivity contribution is 7.84. The van der Waals surface area contributed by atoms with Gasteiger partial charge in [0, 0.05) is 5.41 Å². The Morgan fingerprint density at radius 2 is 1.87 bits per heavy atom. The zero-order valence-corrected chi connectivity index (χ0v) is 18.5. The minimum Gasteiger partial charge on any atom is -0.371 e. The van der Waals surface area contributed by atoms with Crippen LogP contribution in [0.4, 0.5) is 0 Å². The fourth-order valence-corrected chi connectivity index (χ4v) is 7.34. The summed E-state index contributed by atoms with van der Waals surface area (Å²) in [6.07, 6.45) is 6.40. The maximum atomic E-state index is 11.5. The van der Waals surface area contributed by atoms with E-state index in [2.05, 4.69) is 13.5 Å². The van der Waals surface area contributed by atoms with Gasteiger partial charge in [-0.25, -0.2) is 5.14 Å². The topological polar surface area (TPSA) is 139 Å². The van der Waals surface area contributed by atoms with Crippen molar-refractivity contribution < 1.29 is 25.2 Å². The van der Waals surface area contributed by atoms with Crippen molar-refractivity contribution >= 4 is 20.6 Å². The number of hydrogen-bond donors (Lipinski definition) is 2. The van der Waals surface area contributed by atoms with Crippen LogP contribution in [-0.2, 0) is 36.6 Å². The summed E-state index contributed by atoms with van der Waals surface area (Å²) in [5.41, 5.74) is 1.90. The lowest BCUT2D eigenvalue weighted by Gasteiger charge is -2.55. The Hall–Kier alpha value is -1.46. The van der Waals surface area contributed by atoms with Gasteiger partial charge in [-0.1, -0.05) is 19.1 Å². The zero-order chi connectivity index (χ0) is 21.9. The lowest BCUT2D eigenvalue weighted by Crippen LogP contribution is -2.49. The third-order valence-electron chi connectivity index (χ3n) is 7.51. The molecule has 8 nitrogen and oxygen atoms in total. The summed E-state index contributed by atoms with van der Waals surface area (Å²) in [6.45, 7) is 6.38. The standard InChI is InChI=1S/C20H28N2O6S2/c1-3-20-9-8-19(2)12-15(28-30(22,25)26)11-18(19)17(20)6-4-13-10-14(5-7-16(13)20)27-29(21,23)24/h3,5,7,10,15,17-18H,1,4,6,8-9,11-12H2,2H3,(H2,21,23,24)(H2,22,25,26)/t15-,17?,18?,19-,20-/m1/s1. The molecular weight excluding hydrogens is 428 g/mol. The molecule has 0 aromatic heterocycles. The number of nitrogens with two attached hydrogens (primary N) is 2. The lowest BCUT2D eigenvalue weighted by atomic mass is 9.49. The van der Waals surface area contributed by atoms with Gasteiger partial charge in [0.2, 0.25) is 0 Å². The van der Waals surface area contributed by atoms with Crippen LogP contribution in [0.3, 0.4) is 0 Å². The molecule has 5 atom stereocenters. The van der Waals surface area contributed by atoms with Crippen LogP contribution in [0.25, 0.3) is 0 Å². The molecule has 166 valence electrons. The van der Waals surface area contributed by atoms with Crippen molar-refractivity contribution in [2.24, 2.45) is 27.5 Å². The number of benzene rings is 1. The van der Waals surface area contributed by atoms with Gasteiger partial charge in [-0.2, -0.15) is 22.0 Å². The molecule has 2 saturated carbocycles. The maximum absolute atomic E-state index is 11.5. The Morgan fingerprint density at radius 3 is 2.50 bits per heavy atom. The van der Waals surface area contributed by atoms with E-state index in [0.29, 0.717) is 18.8 Å². The van der Waals surface area contributed by atoms with Gasteiger partial charge < -0.3 is 4.18 Å². The van der Waals surface area contributed by atoms with Crippen LogP contribution in [0.1, 0.15) is 50.2 Å². The predicted octanol–water partition coefficient (Wildman–Crippen LogP) is 2.05. The Morgan fingerprint density at radius 1 is 1.13 bits per heavy atom. The summed E-state index contributed by atoms with van der Waals surface area (Å²) in [5.74, 6) is 0.780. The summed E-state index contributed by atoms with van der Waals surface area (Å²) >= 11 is 0. The van der Waals surface area contributed by atoms with Crippen molar-refractivity contribution in [3.05, 3.63) is 42.0 Å². The van der Waals surface area contributed by atoms with E-state index in [1.165, 1.54) is 0 Å². The van der Waals surface area contributed by atoms with E-state index >= 15 is 0 Å². The van der Waals surface area contributed by atoms with Gasteiger partial charge in [-0.3, -0.25) is 4.18 Å². The van der Waals surface area contributed by atoms with Crippen molar-refractivity contribution in [1.29, 1.82) is 0 Å². The molecule has 4 rings (SSSR count). The molecule has 2 unspecified atom stereocenters. The Balaban J connectivity index is 1.68. The van der Waals surface area contributed by atoms with Gasteiger partial charge in [0.1, 0.15) is 5.75 Å². The first-order valence-electron chi connectivity index (χ1n) is 10.1. The average molecular weight is 457 g/mol. The highest BCUT2D eigenvalue weighted by Crippen LogP contribution is 2.64. The molecule has 10 heteroatoms. The molecule has 0 saturated heterocycles. The second-order valence-electron chi connectivity index (χ2n) is 9.20. The Bertz CT molecular complexity index is 1090. The first-order valence-corrected chi connectivity index (χ1v) is 13.0. The van der Waals surface area contributed by atoms with E-state index in [4.69, 9.17) is 18.6 Å². The largest absolute Gasteiger partial charge is 0.380 e. The Labute approximate surface area is 178 Å². The monoisotopic (exact) mass is 456 g/mol. The van der Waals surface area contributed by atoms with Gasteiger partial charge >= 0.3 is 20.6 Å². The number of allylic oxidation sites excluding steroid dienone is 1. The minimum atomic E-state index is -4.08. The molecule has 30 heavy (non-hydrogen) atoms. The summed E-state index contributed by atoms with van der Waals surface area (Å²) < 4.78 is 55.5. The SMILES string of the molecule is C=C[C@]12CC[C@]3(C)C[C@H](OS(N)(=O)=O)CC3C1CCc1cc(OS(N)(=O)=O)ccc12. The second kappa shape index (κ2) is 7.03. The van der Waals surface area contributed by atoms with Crippen molar-refractivity contribution in [3.63, 3.8) is 0 Å². The summed E-state index contributed by atoms with van der Waals surface area (Å²) in [5, 5.41) is 10.1. The molecule has 0 amide bonds. The number of fused-ring (bicyclic) bond motifs is 5. The van der Waals surface area contributed by atoms with Crippen LogP contribution in [-0.4, -0.2) is 22.9 Å². The molecule has 3 aliphatic rings. The summed E-state index contributed by atoms with van der Waals surface area (Å²) in [6, 6.07) is 5.29. The predicted molar refractivity (Wildman–Crippen MR) is 112 cm³/mol. The minimum absolute atomic E-state index is 0.0132. The van der Waals surface area contributed by atoms with Gasteiger partial charge in [0.25, 0.3) is 0 Å². The first-order chi connectivity index (χ1) is 13.9. The average Bonchev–Trinajstić information content (AvgIpc) is 2.93. The quantitative estimate of drug-likeness (QED) is 0.650. The van der Waals surface area contributed by atoms with E-state index in [1.54, 1.807) is 12.1 Å². The van der Waals surface area contributed by atoms with Crippen molar-refractivity contribution in [1.82, 2.24) is 0 Å². The van der Waals surface area contributed by atoms with Gasteiger partial charge in [0.05, 0.1) is 6.10 Å². The molecule has 2 fully saturated rings. The Kier molecular flexibility index (Phi) is 5.10. The van der Waals surface area contributed by atoms with E-state index in [-0.39, 0.29) is 22.5 Å². The normalized spacial score (nSPS) is 35.8. The second-order valence-corrected chi connectivity index (χ2v) is 11.5. The molecule has 3 aliphatic carbocycles. The molecular formula is C20H28N2O6S2. The van der Waals surface area contributed by atoms with Crippen LogP contribution >= 0.6 is 0 Å². The number of hydrogen-bond acceptors (Lipinski definition) is 6. The van der Waals surface area contributed by atoms with Gasteiger partial charge in [-0.15, -0.1) is 6.58 Å². The van der Waals surface area contributed by atoms with E-state index in [1.807, 2.05) is 12.1 Å². The highest BCUT2D eigenvalue weighted by Gasteiger charge is 2.58. The smallest absolute Gasteiger partial charge is 0.371 e. The molecule has 0 radical (unpaired) electrons. The van der Waals surface area contributed by atoms with E-state index in [9.17, 15) is 16.8 Å². The van der Waals surface area contributed by atoms with Gasteiger partial charge in [0.15, 0.2) is 0 Å². The lowest BCUT2D eigenvalue weighted by molar-refractivity contribution is 0.0277. The summed E-state index contributed by atoms with van der Waals surface area (Å²) in [7, 11) is -8.07. The third-order valence-corrected chi connectivity index (χ3v) is 8.48. The molecule has 0 aliphatic heterocycles. The fourth-order valence-electron chi connectivity index (χ4n) is 6.44. The molecule has 4 N–H and O–H groups in total. The van der Waals surface area contributed by atoms with Crippen molar-refractivity contribution in [3.8, 4) is 5.75 Å². The molecule has 0 spiro atoms. The molecule has 0 bridgehead atoms. The van der Waals surface area contributed by atoms with Crippen LogP contribution in [0.5, 0.6) is 5.75 Å². The molecule has 1 aromatic carbocycles.